The Bertz CT molecular complexity index is 517. The molecule has 0 aromatic carbocycles. The Balaban J connectivity index is 2.00. The van der Waals surface area contributed by atoms with Crippen LogP contribution in [-0.4, -0.2) is 42.5 Å². The van der Waals surface area contributed by atoms with Gasteiger partial charge in [-0.05, 0) is 6.07 Å². The molecule has 1 atom stereocenters. The third kappa shape index (κ3) is 4.25. The number of nitrogens with two attached hydrogens (primary N) is 1. The van der Waals surface area contributed by atoms with E-state index in [-0.39, 0.29) is 4.90 Å². The summed E-state index contributed by atoms with van der Waals surface area (Å²) in [6.45, 7) is 0.452. The van der Waals surface area contributed by atoms with Crippen LogP contribution in [0.25, 0.3) is 0 Å². The Hall–Kier alpha value is -0.480. The summed E-state index contributed by atoms with van der Waals surface area (Å²) >= 11 is 3.68. The molecule has 0 spiro atoms. The Morgan fingerprint density at radius 1 is 1.47 bits per heavy atom. The zero-order chi connectivity index (χ0) is 13.7. The van der Waals surface area contributed by atoms with Crippen molar-refractivity contribution in [1.82, 2.24) is 9.71 Å². The summed E-state index contributed by atoms with van der Waals surface area (Å²) < 4.78 is 26.9. The van der Waals surface area contributed by atoms with E-state index in [1.54, 1.807) is 0 Å². The molecule has 6 nitrogen and oxygen atoms in total. The first-order valence-corrected chi connectivity index (χ1v) is 9.42. The number of sulfonamides is 1. The summed E-state index contributed by atoms with van der Waals surface area (Å²) in [5.74, 6) is 8.75. The van der Waals surface area contributed by atoms with Crippen molar-refractivity contribution in [3.63, 3.8) is 0 Å². The zero-order valence-electron chi connectivity index (χ0n) is 10.2. The van der Waals surface area contributed by atoms with Gasteiger partial charge in [-0.15, -0.1) is 0 Å². The molecule has 1 aromatic heterocycles. The van der Waals surface area contributed by atoms with Gasteiger partial charge >= 0.3 is 0 Å². The van der Waals surface area contributed by atoms with Gasteiger partial charge in [-0.2, -0.15) is 23.5 Å². The van der Waals surface area contributed by atoms with Crippen molar-refractivity contribution in [3.05, 3.63) is 18.3 Å². The Morgan fingerprint density at radius 2 is 2.32 bits per heavy atom. The van der Waals surface area contributed by atoms with Gasteiger partial charge in [-0.1, -0.05) is 0 Å². The molecule has 1 unspecified atom stereocenters. The second kappa shape index (κ2) is 6.80. The summed E-state index contributed by atoms with van der Waals surface area (Å²) in [6.07, 6.45) is 1.41. The number of rotatable bonds is 5. The first-order chi connectivity index (χ1) is 9.12. The van der Waals surface area contributed by atoms with E-state index in [1.165, 1.54) is 18.3 Å². The van der Waals surface area contributed by atoms with Gasteiger partial charge in [0, 0.05) is 41.3 Å². The molecule has 1 aliphatic heterocycles. The normalized spacial score (nSPS) is 20.2. The van der Waals surface area contributed by atoms with Crippen molar-refractivity contribution in [2.75, 3.05) is 29.2 Å². The second-order valence-electron chi connectivity index (χ2n) is 3.94. The number of hydrazine groups is 1. The first kappa shape index (κ1) is 14.9. The number of nitrogen functional groups attached to an aromatic ring is 1. The highest BCUT2D eigenvalue weighted by atomic mass is 32.2. The van der Waals surface area contributed by atoms with Crippen LogP contribution in [0.15, 0.2) is 23.2 Å². The zero-order valence-corrected chi connectivity index (χ0v) is 12.7. The monoisotopic (exact) mass is 320 g/mol. The van der Waals surface area contributed by atoms with Crippen LogP contribution in [-0.2, 0) is 10.0 Å². The van der Waals surface area contributed by atoms with Gasteiger partial charge in [-0.3, -0.25) is 0 Å². The maximum atomic E-state index is 12.1. The Labute approximate surface area is 121 Å². The number of nitrogens with zero attached hydrogens (tertiary/aromatic N) is 1. The largest absolute Gasteiger partial charge is 0.308 e. The van der Waals surface area contributed by atoms with Crippen LogP contribution in [0.2, 0.25) is 0 Å². The fraction of sp³-hybridized carbons (Fsp3) is 0.500. The molecule has 0 saturated carbocycles. The van der Waals surface area contributed by atoms with Crippen molar-refractivity contribution in [2.45, 2.75) is 10.1 Å². The Morgan fingerprint density at radius 3 is 3.00 bits per heavy atom. The summed E-state index contributed by atoms with van der Waals surface area (Å²) in [7, 11) is -3.50. The van der Waals surface area contributed by atoms with Gasteiger partial charge in [0.25, 0.3) is 0 Å². The number of nitrogens with one attached hydrogen (secondary N) is 2. The molecule has 4 N–H and O–H groups in total. The van der Waals surface area contributed by atoms with Gasteiger partial charge in [0.05, 0.1) is 4.90 Å². The minimum atomic E-state index is -3.50. The van der Waals surface area contributed by atoms with E-state index in [9.17, 15) is 8.42 Å². The van der Waals surface area contributed by atoms with Crippen molar-refractivity contribution < 1.29 is 8.42 Å². The standard InChI is InChI=1S/C10H16N4O2S3/c11-14-10-5-9(1-2-12-10)19(15,16)13-6-8-7-17-3-4-18-8/h1-2,5,8,13H,3-4,6-7,11H2,(H,12,14). The number of hydrogen-bond acceptors (Lipinski definition) is 7. The molecule has 9 heteroatoms. The smallest absolute Gasteiger partial charge is 0.240 e. The van der Waals surface area contributed by atoms with Crippen LogP contribution in [0.5, 0.6) is 0 Å². The van der Waals surface area contributed by atoms with Crippen LogP contribution in [0.1, 0.15) is 0 Å². The molecule has 2 heterocycles. The number of aromatic nitrogens is 1. The average molecular weight is 320 g/mol. The average Bonchev–Trinajstić information content (AvgIpc) is 2.46. The molecule has 1 saturated heterocycles. The molecule has 19 heavy (non-hydrogen) atoms. The Kier molecular flexibility index (Phi) is 5.34. The lowest BCUT2D eigenvalue weighted by atomic mass is 10.5. The highest BCUT2D eigenvalue weighted by Gasteiger charge is 2.19. The first-order valence-electron chi connectivity index (χ1n) is 5.73. The molecule has 1 aliphatic rings. The number of anilines is 1. The highest BCUT2D eigenvalue weighted by Crippen LogP contribution is 2.23. The quantitative estimate of drug-likeness (QED) is 0.537. The second-order valence-corrected chi connectivity index (χ2v) is 8.27. The predicted molar refractivity (Wildman–Crippen MR) is 80.8 cm³/mol. The van der Waals surface area contributed by atoms with Crippen molar-refractivity contribution in [2.24, 2.45) is 5.84 Å². The van der Waals surface area contributed by atoms with Crippen LogP contribution < -0.4 is 16.0 Å². The lowest BCUT2D eigenvalue weighted by Crippen LogP contribution is -2.33. The van der Waals surface area contributed by atoms with E-state index in [0.29, 0.717) is 17.6 Å². The summed E-state index contributed by atoms with van der Waals surface area (Å²) in [5, 5.41) is 0.336. The minimum Gasteiger partial charge on any atom is -0.308 e. The minimum absolute atomic E-state index is 0.170. The lowest BCUT2D eigenvalue weighted by Gasteiger charge is -2.21. The SMILES string of the molecule is NNc1cc(S(=O)(=O)NCC2CSCCS2)ccn1. The topological polar surface area (TPSA) is 97.1 Å². The van der Waals surface area contributed by atoms with E-state index in [0.717, 1.165) is 17.3 Å². The van der Waals surface area contributed by atoms with Crippen LogP contribution in [0, 0.1) is 0 Å². The molecule has 0 amide bonds. The maximum absolute atomic E-state index is 12.1. The van der Waals surface area contributed by atoms with E-state index in [4.69, 9.17) is 5.84 Å². The van der Waals surface area contributed by atoms with Gasteiger partial charge < -0.3 is 5.43 Å². The van der Waals surface area contributed by atoms with E-state index in [2.05, 4.69) is 15.1 Å². The van der Waals surface area contributed by atoms with Crippen LogP contribution in [0.4, 0.5) is 5.82 Å². The summed E-state index contributed by atoms with van der Waals surface area (Å²) in [6, 6.07) is 2.86. The maximum Gasteiger partial charge on any atom is 0.240 e. The third-order valence-electron chi connectivity index (χ3n) is 2.58. The van der Waals surface area contributed by atoms with Crippen molar-refractivity contribution in [1.29, 1.82) is 0 Å². The molecule has 1 aromatic rings. The number of thioether (sulfide) groups is 2. The van der Waals surface area contributed by atoms with E-state index < -0.39 is 10.0 Å². The molecule has 0 radical (unpaired) electrons. The van der Waals surface area contributed by atoms with Crippen LogP contribution in [0.3, 0.4) is 0 Å². The fourth-order valence-corrected chi connectivity index (χ4v) is 5.41. The molecule has 0 bridgehead atoms. The highest BCUT2D eigenvalue weighted by molar-refractivity contribution is 8.06. The van der Waals surface area contributed by atoms with E-state index >= 15 is 0 Å². The lowest BCUT2D eigenvalue weighted by molar-refractivity contribution is 0.581. The molecule has 1 fully saturated rings. The van der Waals surface area contributed by atoms with Crippen molar-refractivity contribution in [3.8, 4) is 0 Å². The third-order valence-corrected chi connectivity index (χ3v) is 6.84. The van der Waals surface area contributed by atoms with Gasteiger partial charge in [-0.25, -0.2) is 24.0 Å². The van der Waals surface area contributed by atoms with Gasteiger partial charge in [0.2, 0.25) is 10.0 Å². The molecule has 2 rings (SSSR count). The number of pyridine rings is 1. The number of hydrogen-bond donors (Lipinski definition) is 3. The summed E-state index contributed by atoms with van der Waals surface area (Å²) in [4.78, 5) is 4.06. The predicted octanol–water partition coefficient (Wildman–Crippen LogP) is 0.494. The van der Waals surface area contributed by atoms with E-state index in [1.807, 2.05) is 23.5 Å². The fourth-order valence-electron chi connectivity index (χ4n) is 1.60. The molecule has 106 valence electrons. The molecule has 0 aliphatic carbocycles. The van der Waals surface area contributed by atoms with Gasteiger partial charge in [0.15, 0.2) is 0 Å². The van der Waals surface area contributed by atoms with Gasteiger partial charge in [0.1, 0.15) is 5.82 Å². The van der Waals surface area contributed by atoms with Crippen molar-refractivity contribution >= 4 is 39.4 Å². The molecular weight excluding hydrogens is 304 g/mol. The summed E-state index contributed by atoms with van der Waals surface area (Å²) in [5.41, 5.74) is 2.33. The molecular formula is C10H16N4O2S3. The van der Waals surface area contributed by atoms with Crippen LogP contribution >= 0.6 is 23.5 Å².